The molecule has 0 unspecified atom stereocenters. The molecule has 1 aromatic heterocycles. The molecule has 3 aromatic carbocycles. The molecule has 176 valence electrons. The van der Waals surface area contributed by atoms with Crippen LogP contribution in [0.5, 0.6) is 5.75 Å². The Morgan fingerprint density at radius 3 is 2.47 bits per heavy atom. The number of ether oxygens (including phenoxy) is 1. The van der Waals surface area contributed by atoms with E-state index in [0.717, 1.165) is 24.0 Å². The smallest absolute Gasteiger partial charge is 0.261 e. The van der Waals surface area contributed by atoms with Gasteiger partial charge in [-0.25, -0.2) is 13.4 Å². The zero-order chi connectivity index (χ0) is 24.0. The first-order valence-electron chi connectivity index (χ1n) is 11.0. The highest BCUT2D eigenvalue weighted by Crippen LogP contribution is 2.20. The summed E-state index contributed by atoms with van der Waals surface area (Å²) in [5, 5.41) is 2.87. The maximum atomic E-state index is 12.7. The number of amides is 1. The molecule has 0 aliphatic rings. The van der Waals surface area contributed by atoms with Crippen molar-refractivity contribution in [2.75, 3.05) is 17.9 Å². The molecular formula is C25H26N4O4S. The Labute approximate surface area is 198 Å². The molecule has 4 rings (SSSR count). The Balaban J connectivity index is 1.30. The number of anilines is 1. The molecular weight excluding hydrogens is 452 g/mol. The zero-order valence-corrected chi connectivity index (χ0v) is 19.6. The molecule has 8 nitrogen and oxygen atoms in total. The molecule has 9 heteroatoms. The van der Waals surface area contributed by atoms with E-state index in [9.17, 15) is 13.2 Å². The van der Waals surface area contributed by atoms with E-state index in [2.05, 4.69) is 19.6 Å². The number of nitrogens with zero attached hydrogens (tertiary/aromatic N) is 2. The van der Waals surface area contributed by atoms with Gasteiger partial charge in [-0.05, 0) is 74.0 Å². The number of aromatic nitrogens is 2. The van der Waals surface area contributed by atoms with E-state index in [1.807, 2.05) is 31.2 Å². The highest BCUT2D eigenvalue weighted by Gasteiger charge is 2.15. The summed E-state index contributed by atoms with van der Waals surface area (Å²) in [6, 6.07) is 20.4. The second kappa shape index (κ2) is 10.4. The van der Waals surface area contributed by atoms with E-state index in [1.54, 1.807) is 30.6 Å². The molecule has 2 N–H and O–H groups in total. The number of nitrogens with one attached hydrogen (secondary N) is 2. The van der Waals surface area contributed by atoms with Gasteiger partial charge in [0.1, 0.15) is 5.75 Å². The minimum absolute atomic E-state index is 0.0740. The highest BCUT2D eigenvalue weighted by atomic mass is 32.2. The van der Waals surface area contributed by atoms with Gasteiger partial charge >= 0.3 is 0 Å². The predicted octanol–water partition coefficient (Wildman–Crippen LogP) is 4.06. The van der Waals surface area contributed by atoms with Crippen LogP contribution in [0.2, 0.25) is 0 Å². The fourth-order valence-electron chi connectivity index (χ4n) is 3.53. The average Bonchev–Trinajstić information content (AvgIpc) is 3.26. The average molecular weight is 479 g/mol. The third-order valence-corrected chi connectivity index (χ3v) is 6.63. The monoisotopic (exact) mass is 478 g/mol. The van der Waals surface area contributed by atoms with Gasteiger partial charge in [0.25, 0.3) is 15.9 Å². The molecule has 4 aromatic rings. The molecule has 0 spiro atoms. The van der Waals surface area contributed by atoms with Gasteiger partial charge in [0.05, 0.1) is 28.9 Å². The Morgan fingerprint density at radius 2 is 1.74 bits per heavy atom. The molecule has 0 fully saturated rings. The number of carbonyl (C=O) groups is 1. The van der Waals surface area contributed by atoms with Crippen molar-refractivity contribution in [2.24, 2.45) is 0 Å². The molecule has 34 heavy (non-hydrogen) atoms. The molecule has 0 saturated carbocycles. The number of para-hydroxylation sites is 2. The maximum Gasteiger partial charge on any atom is 0.261 e. The van der Waals surface area contributed by atoms with Gasteiger partial charge in [-0.15, -0.1) is 0 Å². The number of benzene rings is 3. The maximum absolute atomic E-state index is 12.7. The Morgan fingerprint density at radius 1 is 1.00 bits per heavy atom. The van der Waals surface area contributed by atoms with Crippen LogP contribution >= 0.6 is 0 Å². The molecule has 0 aliphatic carbocycles. The lowest BCUT2D eigenvalue weighted by Gasteiger charge is -2.10. The van der Waals surface area contributed by atoms with Crippen LogP contribution in [0.4, 0.5) is 5.69 Å². The minimum Gasteiger partial charge on any atom is -0.494 e. The lowest BCUT2D eigenvalue weighted by molar-refractivity contribution is 0.0952. The zero-order valence-electron chi connectivity index (χ0n) is 18.8. The summed E-state index contributed by atoms with van der Waals surface area (Å²) >= 11 is 0. The van der Waals surface area contributed by atoms with E-state index < -0.39 is 10.0 Å². The standard InChI is InChI=1S/C25H26N4O4S/c1-2-33-21-12-10-20(11-13-21)28-34(31,32)22-14-8-19(9-15-22)25(30)26-16-5-17-29-18-27-23-6-3-4-7-24(23)29/h3-4,6-15,18,28H,2,5,16-17H2,1H3,(H,26,30). The first-order valence-corrected chi connectivity index (χ1v) is 12.5. The number of aryl methyl sites for hydroxylation is 1. The van der Waals surface area contributed by atoms with E-state index in [1.165, 1.54) is 24.3 Å². The van der Waals surface area contributed by atoms with Crippen molar-refractivity contribution < 1.29 is 17.9 Å². The lowest BCUT2D eigenvalue weighted by Crippen LogP contribution is -2.25. The number of sulfonamides is 1. The summed E-state index contributed by atoms with van der Waals surface area (Å²) in [6.45, 7) is 3.64. The summed E-state index contributed by atoms with van der Waals surface area (Å²) in [7, 11) is -3.78. The molecule has 0 radical (unpaired) electrons. The molecule has 0 atom stereocenters. The van der Waals surface area contributed by atoms with Crippen LogP contribution in [-0.2, 0) is 16.6 Å². The second-order valence-corrected chi connectivity index (χ2v) is 9.31. The minimum atomic E-state index is -3.78. The van der Waals surface area contributed by atoms with Gasteiger partial charge in [0.2, 0.25) is 0 Å². The van der Waals surface area contributed by atoms with Crippen molar-refractivity contribution >= 4 is 32.7 Å². The van der Waals surface area contributed by atoms with Crippen LogP contribution in [0.25, 0.3) is 11.0 Å². The summed E-state index contributed by atoms with van der Waals surface area (Å²) in [4.78, 5) is 16.9. The number of rotatable bonds is 10. The Bertz CT molecular complexity index is 1360. The summed E-state index contributed by atoms with van der Waals surface area (Å²) < 4.78 is 35.3. The third-order valence-electron chi connectivity index (χ3n) is 5.23. The van der Waals surface area contributed by atoms with Crippen molar-refractivity contribution in [1.82, 2.24) is 14.9 Å². The number of fused-ring (bicyclic) bond motifs is 1. The van der Waals surface area contributed by atoms with Crippen LogP contribution in [0.1, 0.15) is 23.7 Å². The number of carbonyl (C=O) groups excluding carboxylic acids is 1. The van der Waals surface area contributed by atoms with Gasteiger partial charge in [-0.2, -0.15) is 0 Å². The topological polar surface area (TPSA) is 102 Å². The number of hydrogen-bond donors (Lipinski definition) is 2. The number of imidazole rings is 1. The molecule has 0 aliphatic heterocycles. The van der Waals surface area contributed by atoms with Crippen LogP contribution < -0.4 is 14.8 Å². The second-order valence-electron chi connectivity index (χ2n) is 7.62. The van der Waals surface area contributed by atoms with Gasteiger partial charge in [0, 0.05) is 24.3 Å². The van der Waals surface area contributed by atoms with Crippen molar-refractivity contribution in [3.05, 3.63) is 84.7 Å². The van der Waals surface area contributed by atoms with Crippen LogP contribution in [0.3, 0.4) is 0 Å². The van der Waals surface area contributed by atoms with Crippen molar-refractivity contribution in [3.63, 3.8) is 0 Å². The van der Waals surface area contributed by atoms with Crippen LogP contribution in [0.15, 0.2) is 84.0 Å². The van der Waals surface area contributed by atoms with E-state index in [-0.39, 0.29) is 10.8 Å². The van der Waals surface area contributed by atoms with Crippen molar-refractivity contribution in [3.8, 4) is 5.75 Å². The SMILES string of the molecule is CCOc1ccc(NS(=O)(=O)c2ccc(C(=O)NCCCn3cnc4ccccc43)cc2)cc1. The largest absolute Gasteiger partial charge is 0.494 e. The van der Waals surface area contributed by atoms with E-state index in [0.29, 0.717) is 30.2 Å². The highest BCUT2D eigenvalue weighted by molar-refractivity contribution is 7.92. The Kier molecular flexibility index (Phi) is 7.12. The Hall–Kier alpha value is -3.85. The van der Waals surface area contributed by atoms with Crippen molar-refractivity contribution in [2.45, 2.75) is 24.8 Å². The molecule has 1 heterocycles. The van der Waals surface area contributed by atoms with Gasteiger partial charge < -0.3 is 14.6 Å². The first kappa shape index (κ1) is 23.3. The normalized spacial score (nSPS) is 11.3. The van der Waals surface area contributed by atoms with E-state index in [4.69, 9.17) is 4.74 Å². The molecule has 1 amide bonds. The summed E-state index contributed by atoms with van der Waals surface area (Å²) in [5.41, 5.74) is 2.83. The van der Waals surface area contributed by atoms with Crippen LogP contribution in [-0.4, -0.2) is 37.0 Å². The first-order chi connectivity index (χ1) is 16.5. The van der Waals surface area contributed by atoms with Gasteiger partial charge in [-0.1, -0.05) is 12.1 Å². The van der Waals surface area contributed by atoms with Gasteiger partial charge in [0.15, 0.2) is 0 Å². The van der Waals surface area contributed by atoms with E-state index >= 15 is 0 Å². The fourth-order valence-corrected chi connectivity index (χ4v) is 4.59. The predicted molar refractivity (Wildman–Crippen MR) is 132 cm³/mol. The van der Waals surface area contributed by atoms with Crippen LogP contribution in [0, 0.1) is 0 Å². The number of hydrogen-bond acceptors (Lipinski definition) is 5. The lowest BCUT2D eigenvalue weighted by atomic mass is 10.2. The molecule has 0 bridgehead atoms. The van der Waals surface area contributed by atoms with Crippen molar-refractivity contribution in [1.29, 1.82) is 0 Å². The third kappa shape index (κ3) is 5.55. The fraction of sp³-hybridized carbons (Fsp3) is 0.200. The van der Waals surface area contributed by atoms with Gasteiger partial charge in [-0.3, -0.25) is 9.52 Å². The molecule has 0 saturated heterocycles. The summed E-state index contributed by atoms with van der Waals surface area (Å²) in [5.74, 6) is 0.415. The summed E-state index contributed by atoms with van der Waals surface area (Å²) in [6.07, 6.45) is 2.54. The quantitative estimate of drug-likeness (QED) is 0.335.